The fourth-order valence-electron chi connectivity index (χ4n) is 5.09. The molecule has 2 aliphatic heterocycles. The molecule has 3 aromatic rings. The maximum Gasteiger partial charge on any atom is 0.270 e. The lowest BCUT2D eigenvalue weighted by Gasteiger charge is -2.43. The smallest absolute Gasteiger partial charge is 0.270 e. The van der Waals surface area contributed by atoms with Gasteiger partial charge in [-0.15, -0.1) is 5.10 Å². The van der Waals surface area contributed by atoms with Crippen molar-refractivity contribution in [3.8, 4) is 0 Å². The quantitative estimate of drug-likeness (QED) is 0.580. The number of anilines is 1. The zero-order valence-electron chi connectivity index (χ0n) is 19.4. The number of aryl methyl sites for hydroxylation is 3. The van der Waals surface area contributed by atoms with Gasteiger partial charge in [-0.2, -0.15) is 0 Å². The first-order valence-corrected chi connectivity index (χ1v) is 12.0. The molecule has 0 N–H and O–H groups in total. The summed E-state index contributed by atoms with van der Waals surface area (Å²) in [6, 6.07) is 13.5. The summed E-state index contributed by atoms with van der Waals surface area (Å²) in [5.74, 6) is 0.154. The van der Waals surface area contributed by atoms with Crippen LogP contribution >= 0.6 is 0 Å². The van der Waals surface area contributed by atoms with E-state index in [9.17, 15) is 4.79 Å². The van der Waals surface area contributed by atoms with E-state index in [2.05, 4.69) is 44.4 Å². The van der Waals surface area contributed by atoms with Gasteiger partial charge in [0, 0.05) is 77.0 Å². The van der Waals surface area contributed by atoms with Crippen LogP contribution in [0, 0.1) is 0 Å². The van der Waals surface area contributed by atoms with Crippen molar-refractivity contribution in [1.82, 2.24) is 29.4 Å². The molecule has 0 unspecified atom stereocenters. The Bertz CT molecular complexity index is 1030. The van der Waals surface area contributed by atoms with Gasteiger partial charge in [0.15, 0.2) is 0 Å². The molecule has 1 aromatic carbocycles. The molecule has 174 valence electrons. The molecule has 4 heterocycles. The Balaban J connectivity index is 1.07. The van der Waals surface area contributed by atoms with E-state index in [-0.39, 0.29) is 5.91 Å². The van der Waals surface area contributed by atoms with Crippen molar-refractivity contribution < 1.29 is 4.79 Å². The molecule has 0 aliphatic carbocycles. The third kappa shape index (κ3) is 4.95. The number of nitrogens with zero attached hydrogens (tertiary/aromatic N) is 7. The average Bonchev–Trinajstić information content (AvgIpc) is 3.55. The van der Waals surface area contributed by atoms with Gasteiger partial charge in [0.25, 0.3) is 5.91 Å². The monoisotopic (exact) mass is 447 g/mol. The lowest BCUT2D eigenvalue weighted by Crippen LogP contribution is -2.54. The fraction of sp³-hybridized carbons (Fsp3) is 0.480. The van der Waals surface area contributed by atoms with Crippen molar-refractivity contribution >= 4 is 11.6 Å². The first-order chi connectivity index (χ1) is 16.2. The predicted octanol–water partition coefficient (Wildman–Crippen LogP) is 2.29. The van der Waals surface area contributed by atoms with Gasteiger partial charge in [-0.1, -0.05) is 17.3 Å². The minimum absolute atomic E-state index is 0.154. The highest BCUT2D eigenvalue weighted by molar-refractivity contribution is 5.92. The van der Waals surface area contributed by atoms with E-state index < -0.39 is 0 Å². The summed E-state index contributed by atoms with van der Waals surface area (Å²) >= 11 is 0. The topological polar surface area (TPSA) is 62.4 Å². The van der Waals surface area contributed by atoms with Crippen LogP contribution in [0.25, 0.3) is 0 Å². The number of aromatic nitrogens is 4. The van der Waals surface area contributed by atoms with Crippen molar-refractivity contribution in [3.63, 3.8) is 0 Å². The van der Waals surface area contributed by atoms with Crippen LogP contribution in [0.15, 0.2) is 55.0 Å². The van der Waals surface area contributed by atoms with Gasteiger partial charge >= 0.3 is 0 Å². The molecule has 2 aliphatic rings. The number of rotatable bonds is 6. The van der Waals surface area contributed by atoms with Crippen LogP contribution in [-0.4, -0.2) is 80.6 Å². The second kappa shape index (κ2) is 9.79. The summed E-state index contributed by atoms with van der Waals surface area (Å²) in [6.45, 7) is 6.62. The molecule has 2 saturated heterocycles. The molecule has 5 rings (SSSR count). The van der Waals surface area contributed by atoms with Crippen molar-refractivity contribution in [2.24, 2.45) is 7.05 Å². The van der Waals surface area contributed by atoms with Crippen molar-refractivity contribution in [2.45, 2.75) is 31.8 Å². The molecule has 2 aromatic heterocycles. The van der Waals surface area contributed by atoms with Crippen LogP contribution in [0.3, 0.4) is 0 Å². The van der Waals surface area contributed by atoms with Crippen molar-refractivity contribution in [3.05, 3.63) is 66.2 Å². The predicted molar refractivity (Wildman–Crippen MR) is 128 cm³/mol. The molecular weight excluding hydrogens is 414 g/mol. The Labute approximate surface area is 195 Å². The standard InChI is InChI=1S/C25H33N7O/c1-28-12-2-3-24(28)25(33)31-19-17-30(18-20-31)23-9-13-29(14-10-23)22-6-4-21(5-7-22)8-15-32-16-11-26-27-32/h2-7,11-12,16,23H,8-10,13-15,17-20H2,1H3. The minimum atomic E-state index is 0.154. The average molecular weight is 448 g/mol. The SMILES string of the molecule is Cn1cccc1C(=O)N1CCN(C2CCN(c3ccc(CCn4ccnn4)cc3)CC2)CC1. The van der Waals surface area contributed by atoms with Crippen LogP contribution in [0.1, 0.15) is 28.9 Å². The Morgan fingerprint density at radius 2 is 1.73 bits per heavy atom. The first kappa shape index (κ1) is 21.7. The normalized spacial score (nSPS) is 18.1. The number of amides is 1. The molecular formula is C25H33N7O. The highest BCUT2D eigenvalue weighted by atomic mass is 16.2. The molecule has 8 nitrogen and oxygen atoms in total. The van der Waals surface area contributed by atoms with Crippen LogP contribution in [0.4, 0.5) is 5.69 Å². The molecule has 0 spiro atoms. The molecule has 0 saturated carbocycles. The number of piperidine rings is 1. The Morgan fingerprint density at radius 3 is 2.36 bits per heavy atom. The second-order valence-electron chi connectivity index (χ2n) is 9.13. The summed E-state index contributed by atoms with van der Waals surface area (Å²) in [5.41, 5.74) is 3.42. The van der Waals surface area contributed by atoms with Gasteiger partial charge in [-0.3, -0.25) is 14.4 Å². The third-order valence-corrected chi connectivity index (χ3v) is 7.15. The summed E-state index contributed by atoms with van der Waals surface area (Å²) < 4.78 is 3.78. The van der Waals surface area contributed by atoms with Gasteiger partial charge in [0.1, 0.15) is 5.69 Å². The molecule has 2 fully saturated rings. The van der Waals surface area contributed by atoms with Crippen LogP contribution in [0.5, 0.6) is 0 Å². The van der Waals surface area contributed by atoms with Gasteiger partial charge in [0.05, 0.1) is 6.20 Å². The first-order valence-electron chi connectivity index (χ1n) is 12.0. The maximum absolute atomic E-state index is 12.8. The summed E-state index contributed by atoms with van der Waals surface area (Å²) in [5, 5.41) is 7.89. The van der Waals surface area contributed by atoms with E-state index in [1.165, 1.54) is 24.1 Å². The summed E-state index contributed by atoms with van der Waals surface area (Å²) in [6.07, 6.45) is 8.88. The van der Waals surface area contributed by atoms with Gasteiger partial charge < -0.3 is 14.4 Å². The molecule has 1 amide bonds. The fourth-order valence-corrected chi connectivity index (χ4v) is 5.09. The summed E-state index contributed by atoms with van der Waals surface area (Å²) in [4.78, 5) is 19.9. The van der Waals surface area contributed by atoms with E-state index in [4.69, 9.17) is 0 Å². The minimum Gasteiger partial charge on any atom is -0.371 e. The van der Waals surface area contributed by atoms with Crippen molar-refractivity contribution in [2.75, 3.05) is 44.2 Å². The lowest BCUT2D eigenvalue weighted by molar-refractivity contribution is 0.0532. The highest BCUT2D eigenvalue weighted by Crippen LogP contribution is 2.24. The van der Waals surface area contributed by atoms with E-state index >= 15 is 0 Å². The van der Waals surface area contributed by atoms with Crippen LogP contribution < -0.4 is 4.90 Å². The number of piperazine rings is 1. The van der Waals surface area contributed by atoms with E-state index in [0.29, 0.717) is 6.04 Å². The number of hydrogen-bond donors (Lipinski definition) is 0. The second-order valence-corrected chi connectivity index (χ2v) is 9.13. The third-order valence-electron chi connectivity index (χ3n) is 7.15. The van der Waals surface area contributed by atoms with E-state index in [1.807, 2.05) is 45.7 Å². The van der Waals surface area contributed by atoms with Crippen LogP contribution in [0.2, 0.25) is 0 Å². The maximum atomic E-state index is 12.8. The lowest BCUT2D eigenvalue weighted by atomic mass is 10.0. The molecule has 0 radical (unpaired) electrons. The zero-order valence-corrected chi connectivity index (χ0v) is 19.4. The Hall–Kier alpha value is -3.13. The van der Waals surface area contributed by atoms with Gasteiger partial charge in [-0.25, -0.2) is 0 Å². The van der Waals surface area contributed by atoms with Gasteiger partial charge in [-0.05, 0) is 49.1 Å². The summed E-state index contributed by atoms with van der Waals surface area (Å²) in [7, 11) is 1.93. The van der Waals surface area contributed by atoms with Gasteiger partial charge in [0.2, 0.25) is 0 Å². The number of benzene rings is 1. The largest absolute Gasteiger partial charge is 0.371 e. The molecule has 8 heteroatoms. The number of hydrogen-bond acceptors (Lipinski definition) is 5. The highest BCUT2D eigenvalue weighted by Gasteiger charge is 2.29. The molecule has 33 heavy (non-hydrogen) atoms. The Morgan fingerprint density at radius 1 is 0.970 bits per heavy atom. The zero-order chi connectivity index (χ0) is 22.6. The van der Waals surface area contributed by atoms with Crippen LogP contribution in [-0.2, 0) is 20.0 Å². The van der Waals surface area contributed by atoms with E-state index in [0.717, 1.165) is 57.9 Å². The molecule has 0 atom stereocenters. The molecule has 0 bridgehead atoms. The van der Waals surface area contributed by atoms with E-state index in [1.54, 1.807) is 6.20 Å². The number of carbonyl (C=O) groups is 1. The Kier molecular flexibility index (Phi) is 6.44. The van der Waals surface area contributed by atoms with Crippen molar-refractivity contribution in [1.29, 1.82) is 0 Å². The number of carbonyl (C=O) groups excluding carboxylic acids is 1.